The maximum Gasteiger partial charge on any atom is 0.246 e. The number of pyridine rings is 1. The first-order valence-electron chi connectivity index (χ1n) is 7.72. The Labute approximate surface area is 132 Å². The first-order chi connectivity index (χ1) is 11.2. The molecule has 1 aliphatic rings. The second kappa shape index (κ2) is 5.49. The van der Waals surface area contributed by atoms with Crippen molar-refractivity contribution in [3.63, 3.8) is 0 Å². The molecule has 1 fully saturated rings. The van der Waals surface area contributed by atoms with Gasteiger partial charge in [-0.1, -0.05) is 11.2 Å². The number of fused-ring (bicyclic) bond motifs is 1. The van der Waals surface area contributed by atoms with Crippen LogP contribution in [0.25, 0.3) is 5.65 Å². The van der Waals surface area contributed by atoms with E-state index in [1.54, 1.807) is 0 Å². The van der Waals surface area contributed by atoms with E-state index in [4.69, 9.17) is 4.52 Å². The Morgan fingerprint density at radius 2 is 2.26 bits per heavy atom. The minimum absolute atomic E-state index is 0.0927. The predicted molar refractivity (Wildman–Crippen MR) is 81.8 cm³/mol. The molecule has 118 valence electrons. The lowest BCUT2D eigenvalue weighted by atomic mass is 10.2. The number of aromatic nitrogens is 4. The zero-order chi connectivity index (χ0) is 15.8. The zero-order valence-corrected chi connectivity index (χ0v) is 12.8. The van der Waals surface area contributed by atoms with Crippen molar-refractivity contribution in [2.24, 2.45) is 0 Å². The second-order valence-electron chi connectivity index (χ2n) is 5.85. The Balaban J connectivity index is 1.41. The summed E-state index contributed by atoms with van der Waals surface area (Å²) in [6.45, 7) is 2.17. The molecule has 0 aliphatic heterocycles. The van der Waals surface area contributed by atoms with Crippen LogP contribution in [-0.2, 0) is 17.8 Å². The van der Waals surface area contributed by atoms with E-state index in [1.807, 2.05) is 35.7 Å². The molecule has 23 heavy (non-hydrogen) atoms. The Morgan fingerprint density at radius 1 is 1.39 bits per heavy atom. The molecule has 0 aromatic carbocycles. The van der Waals surface area contributed by atoms with Crippen LogP contribution in [0, 0.1) is 6.92 Å². The number of nitrogens with zero attached hydrogens (tertiary/aromatic N) is 4. The van der Waals surface area contributed by atoms with E-state index in [-0.39, 0.29) is 18.9 Å². The van der Waals surface area contributed by atoms with E-state index in [0.29, 0.717) is 11.8 Å². The smallest absolute Gasteiger partial charge is 0.246 e. The fourth-order valence-corrected chi connectivity index (χ4v) is 2.61. The van der Waals surface area contributed by atoms with Crippen LogP contribution in [-0.4, -0.2) is 25.4 Å². The van der Waals surface area contributed by atoms with Gasteiger partial charge in [0.2, 0.25) is 11.8 Å². The zero-order valence-electron chi connectivity index (χ0n) is 12.8. The average Bonchev–Trinajstić information content (AvgIpc) is 3.21. The van der Waals surface area contributed by atoms with E-state index in [2.05, 4.69) is 20.4 Å². The van der Waals surface area contributed by atoms with E-state index in [9.17, 15) is 4.79 Å². The third-order valence-corrected chi connectivity index (χ3v) is 4.02. The summed E-state index contributed by atoms with van der Waals surface area (Å²) in [5.41, 5.74) is 2.60. The lowest BCUT2D eigenvalue weighted by Crippen LogP contribution is -2.25. The van der Waals surface area contributed by atoms with E-state index in [1.165, 1.54) is 0 Å². The quantitative estimate of drug-likeness (QED) is 0.776. The third-order valence-electron chi connectivity index (χ3n) is 4.02. The van der Waals surface area contributed by atoms with Gasteiger partial charge in [-0.15, -0.1) is 0 Å². The Hall–Kier alpha value is -2.70. The molecular weight excluding hydrogens is 294 g/mol. The van der Waals surface area contributed by atoms with Gasteiger partial charge in [0.05, 0.1) is 24.4 Å². The van der Waals surface area contributed by atoms with Gasteiger partial charge in [0.1, 0.15) is 5.65 Å². The number of imidazole rings is 1. The van der Waals surface area contributed by atoms with Gasteiger partial charge in [-0.25, -0.2) is 4.98 Å². The molecule has 3 aromatic heterocycles. The average molecular weight is 311 g/mol. The third kappa shape index (κ3) is 2.81. The fraction of sp³-hybridized carbons (Fsp3) is 0.375. The van der Waals surface area contributed by atoms with Gasteiger partial charge >= 0.3 is 0 Å². The largest absolute Gasteiger partial charge is 0.347 e. The van der Waals surface area contributed by atoms with Gasteiger partial charge in [0.25, 0.3) is 0 Å². The van der Waals surface area contributed by atoms with Crippen LogP contribution in [0.4, 0.5) is 0 Å². The van der Waals surface area contributed by atoms with Crippen molar-refractivity contribution in [2.45, 2.75) is 38.6 Å². The van der Waals surface area contributed by atoms with Crippen molar-refractivity contribution >= 4 is 11.6 Å². The molecule has 7 nitrogen and oxygen atoms in total. The summed E-state index contributed by atoms with van der Waals surface area (Å²) in [6, 6.07) is 5.78. The van der Waals surface area contributed by atoms with E-state index >= 15 is 0 Å². The van der Waals surface area contributed by atoms with Crippen molar-refractivity contribution in [3.8, 4) is 0 Å². The predicted octanol–water partition coefficient (Wildman–Crippen LogP) is 1.76. The maximum atomic E-state index is 12.2. The molecule has 1 N–H and O–H groups in total. The first-order valence-corrected chi connectivity index (χ1v) is 7.72. The normalized spacial score (nSPS) is 14.3. The molecule has 0 saturated heterocycles. The van der Waals surface area contributed by atoms with Crippen LogP contribution in [0.2, 0.25) is 0 Å². The number of rotatable bonds is 5. The number of carbonyl (C=O) groups is 1. The van der Waals surface area contributed by atoms with Crippen molar-refractivity contribution in [3.05, 3.63) is 47.5 Å². The standard InChI is InChI=1S/C16H17N5O2/c1-10-12(21-7-3-2-4-13(21)18-10)8-14(22)17-9-15-19-16(20-23-15)11-5-6-11/h2-4,7,11H,5-6,8-9H2,1H3,(H,17,22). The Kier molecular flexibility index (Phi) is 3.33. The van der Waals surface area contributed by atoms with Gasteiger partial charge in [0, 0.05) is 12.1 Å². The molecule has 0 unspecified atom stereocenters. The molecule has 4 rings (SSSR count). The van der Waals surface area contributed by atoms with Gasteiger partial charge in [-0.2, -0.15) is 4.98 Å². The lowest BCUT2D eigenvalue weighted by Gasteiger charge is -2.04. The monoisotopic (exact) mass is 311 g/mol. The molecule has 1 aliphatic carbocycles. The number of hydrogen-bond donors (Lipinski definition) is 1. The van der Waals surface area contributed by atoms with Crippen molar-refractivity contribution < 1.29 is 9.32 Å². The summed E-state index contributed by atoms with van der Waals surface area (Å²) < 4.78 is 7.09. The molecule has 0 spiro atoms. The van der Waals surface area contributed by atoms with Crippen LogP contribution >= 0.6 is 0 Å². The van der Waals surface area contributed by atoms with Gasteiger partial charge < -0.3 is 14.2 Å². The summed E-state index contributed by atoms with van der Waals surface area (Å²) >= 11 is 0. The highest BCUT2D eigenvalue weighted by atomic mass is 16.5. The number of carbonyl (C=O) groups excluding carboxylic acids is 1. The summed E-state index contributed by atoms with van der Waals surface area (Å²) in [5.74, 6) is 1.57. The van der Waals surface area contributed by atoms with Crippen molar-refractivity contribution in [2.75, 3.05) is 0 Å². The molecule has 1 amide bonds. The molecular formula is C16H17N5O2. The van der Waals surface area contributed by atoms with Crippen LogP contribution in [0.1, 0.15) is 41.9 Å². The van der Waals surface area contributed by atoms with E-state index in [0.717, 1.165) is 35.7 Å². The SMILES string of the molecule is Cc1nc2ccccn2c1CC(=O)NCc1nc(C2CC2)no1. The van der Waals surface area contributed by atoms with E-state index < -0.39 is 0 Å². The number of nitrogens with one attached hydrogen (secondary N) is 1. The number of aryl methyl sites for hydroxylation is 1. The highest BCUT2D eigenvalue weighted by molar-refractivity contribution is 5.78. The highest BCUT2D eigenvalue weighted by Crippen LogP contribution is 2.38. The molecule has 0 bridgehead atoms. The van der Waals surface area contributed by atoms with Crippen LogP contribution in [0.15, 0.2) is 28.9 Å². The topological polar surface area (TPSA) is 85.3 Å². The van der Waals surface area contributed by atoms with Gasteiger partial charge in [-0.05, 0) is 31.9 Å². The molecule has 3 aromatic rings. The minimum atomic E-state index is -0.0927. The summed E-state index contributed by atoms with van der Waals surface area (Å²) in [7, 11) is 0. The van der Waals surface area contributed by atoms with Crippen LogP contribution < -0.4 is 5.32 Å². The van der Waals surface area contributed by atoms with Crippen LogP contribution in [0.5, 0.6) is 0 Å². The van der Waals surface area contributed by atoms with Crippen molar-refractivity contribution in [1.82, 2.24) is 24.8 Å². The number of amides is 1. The summed E-state index contributed by atoms with van der Waals surface area (Å²) in [6.07, 6.45) is 4.43. The summed E-state index contributed by atoms with van der Waals surface area (Å²) in [5, 5.41) is 6.76. The minimum Gasteiger partial charge on any atom is -0.347 e. The second-order valence-corrected chi connectivity index (χ2v) is 5.85. The first kappa shape index (κ1) is 13.9. The Morgan fingerprint density at radius 3 is 3.09 bits per heavy atom. The lowest BCUT2D eigenvalue weighted by molar-refractivity contribution is -0.120. The molecule has 3 heterocycles. The van der Waals surface area contributed by atoms with Crippen LogP contribution in [0.3, 0.4) is 0 Å². The number of hydrogen-bond acceptors (Lipinski definition) is 5. The fourth-order valence-electron chi connectivity index (χ4n) is 2.61. The highest BCUT2D eigenvalue weighted by Gasteiger charge is 2.28. The Bertz CT molecular complexity index is 862. The van der Waals surface area contributed by atoms with Gasteiger partial charge in [0.15, 0.2) is 5.82 Å². The maximum absolute atomic E-state index is 12.2. The molecule has 0 atom stereocenters. The molecule has 0 radical (unpaired) electrons. The molecule has 1 saturated carbocycles. The van der Waals surface area contributed by atoms with Gasteiger partial charge in [-0.3, -0.25) is 4.79 Å². The molecule has 7 heteroatoms. The summed E-state index contributed by atoms with van der Waals surface area (Å²) in [4.78, 5) is 20.9. The van der Waals surface area contributed by atoms with Crippen molar-refractivity contribution in [1.29, 1.82) is 0 Å².